The monoisotopic (exact) mass is 472 g/mol. The number of hydrogen-bond acceptors (Lipinski definition) is 6. The normalized spacial score (nSPS) is 15.3. The molecule has 0 saturated heterocycles. The Labute approximate surface area is 202 Å². The molecule has 3 aromatic carbocycles. The van der Waals surface area contributed by atoms with E-state index >= 15 is 0 Å². The number of anilines is 1. The number of amides is 1. The highest BCUT2D eigenvalue weighted by atomic mass is 32.2. The zero-order valence-corrected chi connectivity index (χ0v) is 19.9. The van der Waals surface area contributed by atoms with Crippen molar-refractivity contribution in [3.05, 3.63) is 95.7 Å². The van der Waals surface area contributed by atoms with Crippen LogP contribution in [0.1, 0.15) is 22.8 Å². The lowest BCUT2D eigenvalue weighted by molar-refractivity contribution is -0.113. The summed E-state index contributed by atoms with van der Waals surface area (Å²) in [5.74, 6) is 1.05. The maximum Gasteiger partial charge on any atom is 0.283 e. The molecule has 3 aromatic rings. The first-order valence-electron chi connectivity index (χ1n) is 10.7. The van der Waals surface area contributed by atoms with Gasteiger partial charge in [-0.25, -0.2) is 4.99 Å². The third kappa shape index (κ3) is 5.05. The lowest BCUT2D eigenvalue weighted by atomic mass is 10.1. The molecule has 0 bridgehead atoms. The number of Topliss-reactive ketones (excluding diaryl/α,β-unsaturated/α-hetero) is 1. The van der Waals surface area contributed by atoms with E-state index in [-0.39, 0.29) is 17.4 Å². The molecular weight excluding hydrogens is 448 g/mol. The summed E-state index contributed by atoms with van der Waals surface area (Å²) in [7, 11) is 3.18. The minimum Gasteiger partial charge on any atom is -0.497 e. The van der Waals surface area contributed by atoms with E-state index in [1.165, 1.54) is 16.7 Å². The third-order valence-corrected chi connectivity index (χ3v) is 6.32. The number of aliphatic imine (C=N–C) groups is 1. The van der Waals surface area contributed by atoms with Crippen LogP contribution in [-0.4, -0.2) is 36.3 Å². The molecule has 1 aliphatic rings. The van der Waals surface area contributed by atoms with Gasteiger partial charge in [0.2, 0.25) is 0 Å². The van der Waals surface area contributed by atoms with E-state index in [4.69, 9.17) is 9.47 Å². The minimum absolute atomic E-state index is 0.0288. The van der Waals surface area contributed by atoms with Gasteiger partial charge in [-0.2, -0.15) is 0 Å². The first-order valence-corrected chi connectivity index (χ1v) is 11.6. The summed E-state index contributed by atoms with van der Waals surface area (Å²) in [5.41, 5.74) is 2.34. The Morgan fingerprint density at radius 2 is 1.65 bits per heavy atom. The van der Waals surface area contributed by atoms with Gasteiger partial charge in [-0.15, -0.1) is 0 Å². The molecule has 4 rings (SSSR count). The summed E-state index contributed by atoms with van der Waals surface area (Å²) >= 11 is 1.25. The second kappa shape index (κ2) is 10.4. The van der Waals surface area contributed by atoms with Gasteiger partial charge >= 0.3 is 0 Å². The summed E-state index contributed by atoms with van der Waals surface area (Å²) in [6, 6.07) is 23.7. The van der Waals surface area contributed by atoms with Crippen LogP contribution in [0.15, 0.2) is 89.6 Å². The van der Waals surface area contributed by atoms with Crippen LogP contribution in [0.25, 0.3) is 6.08 Å². The van der Waals surface area contributed by atoms with Crippen molar-refractivity contribution in [1.29, 1.82) is 0 Å². The molecule has 0 radical (unpaired) electrons. The molecule has 6 nitrogen and oxygen atoms in total. The molecule has 1 aliphatic heterocycles. The van der Waals surface area contributed by atoms with Gasteiger partial charge in [0.1, 0.15) is 17.2 Å². The zero-order chi connectivity index (χ0) is 24.1. The van der Waals surface area contributed by atoms with Crippen LogP contribution in [0.3, 0.4) is 0 Å². The Morgan fingerprint density at radius 3 is 2.32 bits per heavy atom. The Kier molecular flexibility index (Phi) is 7.13. The molecule has 0 aliphatic carbocycles. The molecule has 172 valence electrons. The summed E-state index contributed by atoms with van der Waals surface area (Å²) < 4.78 is 10.5. The van der Waals surface area contributed by atoms with E-state index in [2.05, 4.69) is 4.99 Å². The Bertz CT molecular complexity index is 1250. The van der Waals surface area contributed by atoms with E-state index in [9.17, 15) is 9.59 Å². The highest BCUT2D eigenvalue weighted by Gasteiger charge is 2.34. The number of carbonyl (C=O) groups excluding carboxylic acids is 2. The van der Waals surface area contributed by atoms with Crippen molar-refractivity contribution in [3.63, 3.8) is 0 Å². The SMILES string of the molecule is COc1ccc(/C=C2\N=C(SC(C)C(=O)c3ccccc3)N(c3cccc(OC)c3)C2=O)cc1. The quantitative estimate of drug-likeness (QED) is 0.338. The largest absolute Gasteiger partial charge is 0.497 e. The van der Waals surface area contributed by atoms with Gasteiger partial charge in [0.05, 0.1) is 25.2 Å². The Morgan fingerprint density at radius 1 is 0.941 bits per heavy atom. The van der Waals surface area contributed by atoms with Crippen LogP contribution in [0.5, 0.6) is 11.5 Å². The first-order chi connectivity index (χ1) is 16.5. The lowest BCUT2D eigenvalue weighted by Gasteiger charge is -2.20. The van der Waals surface area contributed by atoms with Crippen LogP contribution in [0, 0.1) is 0 Å². The van der Waals surface area contributed by atoms with Gasteiger partial charge in [-0.05, 0) is 42.8 Å². The van der Waals surface area contributed by atoms with Crippen molar-refractivity contribution < 1.29 is 19.1 Å². The van der Waals surface area contributed by atoms with Gasteiger partial charge < -0.3 is 9.47 Å². The van der Waals surface area contributed by atoms with Gasteiger partial charge in [0, 0.05) is 11.6 Å². The molecule has 1 unspecified atom stereocenters. The van der Waals surface area contributed by atoms with Gasteiger partial charge in [0.15, 0.2) is 11.0 Å². The maximum absolute atomic E-state index is 13.4. The summed E-state index contributed by atoms with van der Waals surface area (Å²) in [6.45, 7) is 1.82. The van der Waals surface area contributed by atoms with Crippen LogP contribution in [0.4, 0.5) is 5.69 Å². The van der Waals surface area contributed by atoms with Gasteiger partial charge in [0.25, 0.3) is 5.91 Å². The number of thioether (sulfide) groups is 1. The number of rotatable bonds is 7. The maximum atomic E-state index is 13.4. The van der Waals surface area contributed by atoms with Crippen molar-refractivity contribution in [3.8, 4) is 11.5 Å². The second-order valence-electron chi connectivity index (χ2n) is 7.53. The van der Waals surface area contributed by atoms with Crippen molar-refractivity contribution in [1.82, 2.24) is 0 Å². The average molecular weight is 473 g/mol. The summed E-state index contributed by atoms with van der Waals surface area (Å²) in [5, 5.41) is -0.00260. The molecule has 0 aromatic heterocycles. The number of ether oxygens (including phenoxy) is 2. The van der Waals surface area contributed by atoms with Crippen molar-refractivity contribution in [2.45, 2.75) is 12.2 Å². The highest BCUT2D eigenvalue weighted by Crippen LogP contribution is 2.33. The Balaban J connectivity index is 1.68. The van der Waals surface area contributed by atoms with Crippen LogP contribution in [-0.2, 0) is 4.79 Å². The number of benzene rings is 3. The molecular formula is C27H24N2O4S. The smallest absolute Gasteiger partial charge is 0.283 e. The lowest BCUT2D eigenvalue weighted by Crippen LogP contribution is -2.32. The molecule has 0 fully saturated rings. The fraction of sp³-hybridized carbons (Fsp3) is 0.148. The standard InChI is InChI=1S/C27H24N2O4S/c1-18(25(30)20-8-5-4-6-9-20)34-27-28-24(16-19-12-14-22(32-2)15-13-19)26(31)29(27)21-10-7-11-23(17-21)33-3/h4-18H,1-3H3/b24-16-. The molecule has 7 heteroatoms. The van der Waals surface area contributed by atoms with E-state index in [1.54, 1.807) is 38.5 Å². The molecule has 0 spiro atoms. The van der Waals surface area contributed by atoms with Gasteiger partial charge in [-0.3, -0.25) is 14.5 Å². The van der Waals surface area contributed by atoms with Crippen LogP contribution >= 0.6 is 11.8 Å². The number of amidine groups is 1. The average Bonchev–Trinajstić information content (AvgIpc) is 3.18. The van der Waals surface area contributed by atoms with Crippen LogP contribution in [0.2, 0.25) is 0 Å². The molecule has 1 amide bonds. The third-order valence-electron chi connectivity index (χ3n) is 5.27. The highest BCUT2D eigenvalue weighted by molar-refractivity contribution is 8.15. The number of hydrogen-bond donors (Lipinski definition) is 0. The first kappa shape index (κ1) is 23.3. The number of methoxy groups -OCH3 is 2. The van der Waals surface area contributed by atoms with Crippen molar-refractivity contribution in [2.24, 2.45) is 4.99 Å². The summed E-state index contributed by atoms with van der Waals surface area (Å²) in [4.78, 5) is 32.6. The second-order valence-corrected chi connectivity index (χ2v) is 8.84. The van der Waals surface area contributed by atoms with E-state index in [0.717, 1.165) is 11.3 Å². The molecule has 34 heavy (non-hydrogen) atoms. The van der Waals surface area contributed by atoms with Crippen molar-refractivity contribution >= 4 is 40.4 Å². The molecule has 1 heterocycles. The molecule has 0 saturated carbocycles. The molecule has 1 atom stereocenters. The molecule has 0 N–H and O–H groups in total. The minimum atomic E-state index is -0.442. The fourth-order valence-corrected chi connectivity index (χ4v) is 4.46. The Hall–Kier alpha value is -3.84. The van der Waals surface area contributed by atoms with E-state index < -0.39 is 5.25 Å². The predicted octanol–water partition coefficient (Wildman–Crippen LogP) is 5.45. The summed E-state index contributed by atoms with van der Waals surface area (Å²) in [6.07, 6.45) is 1.73. The van der Waals surface area contributed by atoms with E-state index in [1.807, 2.05) is 67.6 Å². The van der Waals surface area contributed by atoms with Gasteiger partial charge in [-0.1, -0.05) is 60.3 Å². The van der Waals surface area contributed by atoms with Crippen molar-refractivity contribution in [2.75, 3.05) is 19.1 Å². The number of ketones is 1. The van der Waals surface area contributed by atoms with E-state index in [0.29, 0.717) is 22.2 Å². The number of carbonyl (C=O) groups is 2. The topological polar surface area (TPSA) is 68.2 Å². The number of nitrogens with zero attached hydrogens (tertiary/aromatic N) is 2. The van der Waals surface area contributed by atoms with Crippen LogP contribution < -0.4 is 14.4 Å². The fourth-order valence-electron chi connectivity index (χ4n) is 3.46. The zero-order valence-electron chi connectivity index (χ0n) is 19.1. The predicted molar refractivity (Wildman–Crippen MR) is 137 cm³/mol.